The quantitative estimate of drug-likeness (QED) is 0.793. The fourth-order valence-corrected chi connectivity index (χ4v) is 3.33. The smallest absolute Gasteiger partial charge is 0.123 e. The third-order valence-electron chi connectivity index (χ3n) is 3.28. The summed E-state index contributed by atoms with van der Waals surface area (Å²) in [4.78, 5) is 4.51. The molecule has 1 aromatic heterocycles. The lowest BCUT2D eigenvalue weighted by Crippen LogP contribution is -2.24. The number of hydrogen-bond donors (Lipinski definition) is 1. The number of halogens is 1. The van der Waals surface area contributed by atoms with E-state index in [9.17, 15) is 9.50 Å². The summed E-state index contributed by atoms with van der Waals surface area (Å²) in [5.41, 5.74) is 0.370. The van der Waals surface area contributed by atoms with Gasteiger partial charge in [0, 0.05) is 6.42 Å². The average molecular weight is 287 g/mol. The monoisotopic (exact) mass is 287 g/mol. The van der Waals surface area contributed by atoms with E-state index in [4.69, 9.17) is 0 Å². The van der Waals surface area contributed by atoms with Gasteiger partial charge in [-0.25, -0.2) is 9.37 Å². The van der Waals surface area contributed by atoms with Crippen molar-refractivity contribution in [1.29, 1.82) is 0 Å². The first-order valence-electron chi connectivity index (χ1n) is 6.37. The Morgan fingerprint density at radius 3 is 2.75 bits per heavy atom. The van der Waals surface area contributed by atoms with Crippen molar-refractivity contribution in [3.8, 4) is 0 Å². The van der Waals surface area contributed by atoms with E-state index >= 15 is 0 Å². The van der Waals surface area contributed by atoms with Gasteiger partial charge < -0.3 is 5.11 Å². The Kier molecular flexibility index (Phi) is 3.28. The average Bonchev–Trinajstić information content (AvgIpc) is 2.80. The summed E-state index contributed by atoms with van der Waals surface area (Å²) in [6, 6.07) is 13.9. The zero-order valence-electron chi connectivity index (χ0n) is 11.0. The van der Waals surface area contributed by atoms with Gasteiger partial charge in [-0.1, -0.05) is 24.3 Å². The number of aliphatic hydroxyl groups is 1. The van der Waals surface area contributed by atoms with Crippen LogP contribution in [-0.2, 0) is 12.0 Å². The van der Waals surface area contributed by atoms with Gasteiger partial charge in [-0.05, 0) is 36.8 Å². The number of aromatic nitrogens is 1. The molecule has 0 spiro atoms. The fourth-order valence-electron chi connectivity index (χ4n) is 2.22. The molecule has 20 heavy (non-hydrogen) atoms. The number of nitrogens with zero attached hydrogens (tertiary/aromatic N) is 1. The molecule has 3 rings (SSSR count). The molecule has 0 saturated heterocycles. The highest BCUT2D eigenvalue weighted by molar-refractivity contribution is 7.18. The van der Waals surface area contributed by atoms with Crippen LogP contribution in [0, 0.1) is 5.82 Å². The van der Waals surface area contributed by atoms with Crippen molar-refractivity contribution in [1.82, 2.24) is 4.98 Å². The van der Waals surface area contributed by atoms with Crippen molar-refractivity contribution in [3.63, 3.8) is 0 Å². The van der Waals surface area contributed by atoms with E-state index in [1.807, 2.05) is 24.3 Å². The Labute approximate surface area is 120 Å². The molecule has 0 radical (unpaired) electrons. The lowest BCUT2D eigenvalue weighted by atomic mass is 9.93. The van der Waals surface area contributed by atoms with Crippen LogP contribution in [-0.4, -0.2) is 10.1 Å². The highest BCUT2D eigenvalue weighted by Crippen LogP contribution is 2.30. The van der Waals surface area contributed by atoms with Gasteiger partial charge in [0.05, 0.1) is 20.8 Å². The van der Waals surface area contributed by atoms with Crippen molar-refractivity contribution in [2.75, 3.05) is 0 Å². The zero-order valence-corrected chi connectivity index (χ0v) is 11.8. The lowest BCUT2D eigenvalue weighted by molar-refractivity contribution is 0.0573. The number of fused-ring (bicyclic) bond motifs is 1. The summed E-state index contributed by atoms with van der Waals surface area (Å²) < 4.78 is 14.4. The second-order valence-electron chi connectivity index (χ2n) is 5.04. The van der Waals surface area contributed by atoms with Gasteiger partial charge >= 0.3 is 0 Å². The second-order valence-corrected chi connectivity index (χ2v) is 6.15. The van der Waals surface area contributed by atoms with Crippen molar-refractivity contribution in [2.24, 2.45) is 0 Å². The molecule has 0 aliphatic rings. The highest BCUT2D eigenvalue weighted by atomic mass is 32.1. The van der Waals surface area contributed by atoms with Crippen LogP contribution < -0.4 is 0 Å². The maximum Gasteiger partial charge on any atom is 0.123 e. The molecule has 0 amide bonds. The van der Waals surface area contributed by atoms with E-state index in [0.717, 1.165) is 15.2 Å². The Hall–Kier alpha value is -1.78. The molecule has 102 valence electrons. The molecule has 1 atom stereocenters. The van der Waals surface area contributed by atoms with Crippen LogP contribution in [0.25, 0.3) is 10.2 Å². The first kappa shape index (κ1) is 13.2. The molecule has 0 saturated carbocycles. The second kappa shape index (κ2) is 4.96. The minimum Gasteiger partial charge on any atom is -0.385 e. The summed E-state index contributed by atoms with van der Waals surface area (Å²) in [6.07, 6.45) is 0.371. The predicted molar refractivity (Wildman–Crippen MR) is 79.3 cm³/mol. The number of para-hydroxylation sites is 1. The van der Waals surface area contributed by atoms with E-state index in [0.29, 0.717) is 12.0 Å². The largest absolute Gasteiger partial charge is 0.385 e. The minimum absolute atomic E-state index is 0.341. The Bertz CT molecular complexity index is 718. The molecule has 0 aliphatic carbocycles. The van der Waals surface area contributed by atoms with Gasteiger partial charge in [0.1, 0.15) is 5.82 Å². The van der Waals surface area contributed by atoms with Crippen molar-refractivity contribution >= 4 is 21.6 Å². The van der Waals surface area contributed by atoms with Crippen LogP contribution >= 0.6 is 11.3 Å². The van der Waals surface area contributed by atoms with Gasteiger partial charge in [0.25, 0.3) is 0 Å². The first-order chi connectivity index (χ1) is 9.54. The van der Waals surface area contributed by atoms with Gasteiger partial charge in [-0.3, -0.25) is 0 Å². The van der Waals surface area contributed by atoms with E-state index in [2.05, 4.69) is 4.98 Å². The highest BCUT2D eigenvalue weighted by Gasteiger charge is 2.25. The summed E-state index contributed by atoms with van der Waals surface area (Å²) in [7, 11) is 0. The van der Waals surface area contributed by atoms with Gasteiger partial charge in [-0.15, -0.1) is 11.3 Å². The van der Waals surface area contributed by atoms with Gasteiger partial charge in [0.2, 0.25) is 0 Å². The molecule has 1 N–H and O–H groups in total. The third kappa shape index (κ3) is 2.57. The van der Waals surface area contributed by atoms with Gasteiger partial charge in [-0.2, -0.15) is 0 Å². The summed E-state index contributed by atoms with van der Waals surface area (Å²) >= 11 is 1.56. The van der Waals surface area contributed by atoms with Crippen molar-refractivity contribution in [2.45, 2.75) is 18.9 Å². The summed E-state index contributed by atoms with van der Waals surface area (Å²) in [6.45, 7) is 1.69. The molecule has 3 aromatic rings. The van der Waals surface area contributed by atoms with Crippen LogP contribution in [0.4, 0.5) is 4.39 Å². The number of benzene rings is 2. The molecular formula is C16H14FNOS. The molecule has 2 aromatic carbocycles. The maximum atomic E-state index is 13.3. The van der Waals surface area contributed by atoms with Crippen molar-refractivity contribution < 1.29 is 9.50 Å². The number of hydrogen-bond acceptors (Lipinski definition) is 3. The van der Waals surface area contributed by atoms with E-state index in [-0.39, 0.29) is 5.82 Å². The Morgan fingerprint density at radius 2 is 2.00 bits per heavy atom. The standard InChI is InChI=1S/C16H14FNOS/c1-16(19,11-5-4-6-12(17)9-11)10-15-18-13-7-2-3-8-14(13)20-15/h2-9,19H,10H2,1H3. The maximum absolute atomic E-state index is 13.3. The summed E-state index contributed by atoms with van der Waals surface area (Å²) in [5.74, 6) is -0.341. The summed E-state index contributed by atoms with van der Waals surface area (Å²) in [5, 5.41) is 11.4. The first-order valence-corrected chi connectivity index (χ1v) is 7.19. The SMILES string of the molecule is CC(O)(Cc1nc2ccccc2s1)c1cccc(F)c1. The molecule has 1 heterocycles. The lowest BCUT2D eigenvalue weighted by Gasteiger charge is -2.22. The van der Waals surface area contributed by atoms with Crippen LogP contribution in [0.2, 0.25) is 0 Å². The topological polar surface area (TPSA) is 33.1 Å². The zero-order chi connectivity index (χ0) is 14.2. The van der Waals surface area contributed by atoms with Crippen molar-refractivity contribution in [3.05, 3.63) is 64.9 Å². The Balaban J connectivity index is 1.92. The molecule has 4 heteroatoms. The fraction of sp³-hybridized carbons (Fsp3) is 0.188. The molecular weight excluding hydrogens is 273 g/mol. The minimum atomic E-state index is -1.13. The molecule has 0 bridgehead atoms. The third-order valence-corrected chi connectivity index (χ3v) is 4.32. The molecule has 1 unspecified atom stereocenters. The van der Waals surface area contributed by atoms with E-state index in [1.165, 1.54) is 12.1 Å². The van der Waals surface area contributed by atoms with Crippen LogP contribution in [0.1, 0.15) is 17.5 Å². The van der Waals surface area contributed by atoms with Crippen LogP contribution in [0.5, 0.6) is 0 Å². The molecule has 0 aliphatic heterocycles. The van der Waals surface area contributed by atoms with Crippen LogP contribution in [0.3, 0.4) is 0 Å². The number of thiazole rings is 1. The van der Waals surface area contributed by atoms with E-state index in [1.54, 1.807) is 30.4 Å². The van der Waals surface area contributed by atoms with Crippen LogP contribution in [0.15, 0.2) is 48.5 Å². The predicted octanol–water partition coefficient (Wildman–Crippen LogP) is 3.89. The molecule has 0 fully saturated rings. The van der Waals surface area contributed by atoms with E-state index < -0.39 is 5.60 Å². The normalized spacial score (nSPS) is 14.3. The number of rotatable bonds is 3. The molecule has 2 nitrogen and oxygen atoms in total. The van der Waals surface area contributed by atoms with Gasteiger partial charge in [0.15, 0.2) is 0 Å². The Morgan fingerprint density at radius 1 is 1.20 bits per heavy atom.